The van der Waals surface area contributed by atoms with E-state index >= 15 is 0 Å². The number of hydrogen-bond acceptors (Lipinski definition) is 2. The van der Waals surface area contributed by atoms with Gasteiger partial charge in [0.1, 0.15) is 0 Å². The monoisotopic (exact) mass is 198 g/mol. The second kappa shape index (κ2) is 5.35. The van der Waals surface area contributed by atoms with Crippen molar-refractivity contribution in [2.75, 3.05) is 13.1 Å². The Labute approximate surface area is 86.6 Å². The molecule has 82 valence electrons. The molecule has 0 aromatic carbocycles. The first-order chi connectivity index (χ1) is 6.59. The normalized spacial score (nSPS) is 18.3. The maximum Gasteiger partial charge on any atom is 0.233 e. The molecule has 1 rings (SSSR count). The van der Waals surface area contributed by atoms with Crippen LogP contribution in [-0.2, 0) is 4.79 Å². The molecule has 0 spiro atoms. The van der Waals surface area contributed by atoms with Crippen LogP contribution in [0.25, 0.3) is 0 Å². The first kappa shape index (κ1) is 11.5. The number of rotatable bonds is 6. The second-order valence-electron chi connectivity index (χ2n) is 4.70. The molecule has 0 radical (unpaired) electrons. The molecule has 0 aromatic rings. The molecule has 2 N–H and O–H groups in total. The van der Waals surface area contributed by atoms with Crippen LogP contribution in [0.5, 0.6) is 0 Å². The summed E-state index contributed by atoms with van der Waals surface area (Å²) in [4.78, 5) is 11.3. The Morgan fingerprint density at radius 3 is 2.50 bits per heavy atom. The molecule has 1 saturated carbocycles. The standard InChI is InChI=1S/C11H22N2O/c1-8(2)6-13-11(14)7-12-9(3)10-4-5-10/h8-10,12H,4-7H2,1-3H3,(H,13,14). The molecule has 0 aromatic heterocycles. The van der Waals surface area contributed by atoms with E-state index in [1.54, 1.807) is 0 Å². The van der Waals surface area contributed by atoms with E-state index < -0.39 is 0 Å². The van der Waals surface area contributed by atoms with Gasteiger partial charge >= 0.3 is 0 Å². The van der Waals surface area contributed by atoms with Crippen LogP contribution in [0, 0.1) is 11.8 Å². The molecule has 0 heterocycles. The lowest BCUT2D eigenvalue weighted by atomic mass is 10.2. The predicted molar refractivity (Wildman–Crippen MR) is 58.0 cm³/mol. The van der Waals surface area contributed by atoms with Gasteiger partial charge in [0.2, 0.25) is 5.91 Å². The first-order valence-corrected chi connectivity index (χ1v) is 5.59. The van der Waals surface area contributed by atoms with Crippen molar-refractivity contribution in [3.05, 3.63) is 0 Å². The highest BCUT2D eigenvalue weighted by Crippen LogP contribution is 2.32. The molecule has 1 atom stereocenters. The minimum Gasteiger partial charge on any atom is -0.355 e. The van der Waals surface area contributed by atoms with Crippen LogP contribution in [0.1, 0.15) is 33.6 Å². The van der Waals surface area contributed by atoms with Crippen molar-refractivity contribution in [2.45, 2.75) is 39.7 Å². The van der Waals surface area contributed by atoms with E-state index in [1.165, 1.54) is 12.8 Å². The Morgan fingerprint density at radius 2 is 2.00 bits per heavy atom. The van der Waals surface area contributed by atoms with E-state index in [-0.39, 0.29) is 5.91 Å². The third kappa shape index (κ3) is 4.61. The number of carbonyl (C=O) groups excluding carboxylic acids is 1. The molecule has 0 bridgehead atoms. The van der Waals surface area contributed by atoms with Crippen LogP contribution in [0.15, 0.2) is 0 Å². The molecule has 14 heavy (non-hydrogen) atoms. The van der Waals surface area contributed by atoms with Gasteiger partial charge in [-0.15, -0.1) is 0 Å². The quantitative estimate of drug-likeness (QED) is 0.672. The van der Waals surface area contributed by atoms with Gasteiger partial charge in [-0.3, -0.25) is 4.79 Å². The molecule has 1 fully saturated rings. The molecule has 3 nitrogen and oxygen atoms in total. The van der Waals surface area contributed by atoms with E-state index in [0.717, 1.165) is 12.5 Å². The third-order valence-corrected chi connectivity index (χ3v) is 2.62. The largest absolute Gasteiger partial charge is 0.355 e. The van der Waals surface area contributed by atoms with Crippen LogP contribution in [0.2, 0.25) is 0 Å². The van der Waals surface area contributed by atoms with E-state index in [0.29, 0.717) is 18.5 Å². The Balaban J connectivity index is 2.02. The van der Waals surface area contributed by atoms with Crippen molar-refractivity contribution < 1.29 is 4.79 Å². The van der Waals surface area contributed by atoms with Crippen molar-refractivity contribution in [1.82, 2.24) is 10.6 Å². The summed E-state index contributed by atoms with van der Waals surface area (Å²) in [5.41, 5.74) is 0. The van der Waals surface area contributed by atoms with Crippen molar-refractivity contribution in [3.8, 4) is 0 Å². The van der Waals surface area contributed by atoms with Crippen molar-refractivity contribution in [2.24, 2.45) is 11.8 Å². The Morgan fingerprint density at radius 1 is 1.36 bits per heavy atom. The number of hydrogen-bond donors (Lipinski definition) is 2. The van der Waals surface area contributed by atoms with Gasteiger partial charge in [0.15, 0.2) is 0 Å². The highest BCUT2D eigenvalue weighted by atomic mass is 16.1. The van der Waals surface area contributed by atoms with E-state index in [1.807, 2.05) is 0 Å². The van der Waals surface area contributed by atoms with Gasteiger partial charge in [-0.25, -0.2) is 0 Å². The van der Waals surface area contributed by atoms with Gasteiger partial charge < -0.3 is 10.6 Å². The molecular weight excluding hydrogens is 176 g/mol. The highest BCUT2D eigenvalue weighted by Gasteiger charge is 2.27. The van der Waals surface area contributed by atoms with Gasteiger partial charge in [0.25, 0.3) is 0 Å². The molecule has 3 heteroatoms. The smallest absolute Gasteiger partial charge is 0.233 e. The van der Waals surface area contributed by atoms with Crippen LogP contribution in [0.3, 0.4) is 0 Å². The van der Waals surface area contributed by atoms with Gasteiger partial charge in [0, 0.05) is 12.6 Å². The van der Waals surface area contributed by atoms with Gasteiger partial charge in [-0.05, 0) is 31.6 Å². The van der Waals surface area contributed by atoms with Crippen LogP contribution in [0.4, 0.5) is 0 Å². The zero-order valence-corrected chi connectivity index (χ0v) is 9.47. The lowest BCUT2D eigenvalue weighted by molar-refractivity contribution is -0.120. The van der Waals surface area contributed by atoms with Crippen molar-refractivity contribution in [3.63, 3.8) is 0 Å². The number of amides is 1. The average Bonchev–Trinajstić information content (AvgIpc) is 2.93. The number of nitrogens with one attached hydrogen (secondary N) is 2. The Hall–Kier alpha value is -0.570. The minimum absolute atomic E-state index is 0.117. The third-order valence-electron chi connectivity index (χ3n) is 2.62. The minimum atomic E-state index is 0.117. The van der Waals surface area contributed by atoms with Crippen LogP contribution in [-0.4, -0.2) is 25.0 Å². The zero-order chi connectivity index (χ0) is 10.6. The van der Waals surface area contributed by atoms with Crippen LogP contribution < -0.4 is 10.6 Å². The van der Waals surface area contributed by atoms with Crippen molar-refractivity contribution in [1.29, 1.82) is 0 Å². The fourth-order valence-electron chi connectivity index (χ4n) is 1.40. The molecule has 0 saturated heterocycles. The lowest BCUT2D eigenvalue weighted by Gasteiger charge is -2.13. The molecular formula is C11H22N2O. The van der Waals surface area contributed by atoms with Gasteiger partial charge in [-0.2, -0.15) is 0 Å². The summed E-state index contributed by atoms with van der Waals surface area (Å²) in [5, 5.41) is 6.15. The lowest BCUT2D eigenvalue weighted by Crippen LogP contribution is -2.39. The number of carbonyl (C=O) groups is 1. The average molecular weight is 198 g/mol. The van der Waals surface area contributed by atoms with Gasteiger partial charge in [0.05, 0.1) is 6.54 Å². The SMILES string of the molecule is CC(C)CNC(=O)CNC(C)C1CC1. The van der Waals surface area contributed by atoms with Crippen molar-refractivity contribution >= 4 is 5.91 Å². The summed E-state index contributed by atoms with van der Waals surface area (Å²) in [7, 11) is 0. The predicted octanol–water partition coefficient (Wildman–Crippen LogP) is 1.15. The summed E-state index contributed by atoms with van der Waals surface area (Å²) in [6, 6.07) is 0.500. The first-order valence-electron chi connectivity index (χ1n) is 5.59. The molecule has 1 unspecified atom stereocenters. The molecule has 0 aliphatic heterocycles. The maximum absolute atomic E-state index is 11.3. The molecule has 1 amide bonds. The summed E-state index contributed by atoms with van der Waals surface area (Å²) >= 11 is 0. The van der Waals surface area contributed by atoms with E-state index in [4.69, 9.17) is 0 Å². The topological polar surface area (TPSA) is 41.1 Å². The maximum atomic E-state index is 11.3. The Kier molecular flexibility index (Phi) is 4.39. The van der Waals surface area contributed by atoms with Crippen LogP contribution >= 0.6 is 0 Å². The molecule has 1 aliphatic carbocycles. The van der Waals surface area contributed by atoms with Gasteiger partial charge in [-0.1, -0.05) is 13.8 Å². The molecule has 1 aliphatic rings. The highest BCUT2D eigenvalue weighted by molar-refractivity contribution is 5.77. The second-order valence-corrected chi connectivity index (χ2v) is 4.70. The van der Waals surface area contributed by atoms with E-state index in [2.05, 4.69) is 31.4 Å². The zero-order valence-electron chi connectivity index (χ0n) is 9.47. The summed E-state index contributed by atoms with van der Waals surface area (Å²) in [6.45, 7) is 7.59. The summed E-state index contributed by atoms with van der Waals surface area (Å²) in [6.07, 6.45) is 2.64. The summed E-state index contributed by atoms with van der Waals surface area (Å²) < 4.78 is 0. The summed E-state index contributed by atoms with van der Waals surface area (Å²) in [5.74, 6) is 1.46. The fraction of sp³-hybridized carbons (Fsp3) is 0.909. The van der Waals surface area contributed by atoms with E-state index in [9.17, 15) is 4.79 Å². The Bertz CT molecular complexity index is 188. The fourth-order valence-corrected chi connectivity index (χ4v) is 1.40.